The number of hydrogen-bond donors (Lipinski definition) is 2. The molecule has 0 saturated carbocycles. The van der Waals surface area contributed by atoms with Crippen molar-refractivity contribution in [3.8, 4) is 0 Å². The highest BCUT2D eigenvalue weighted by Gasteiger charge is 2.13. The number of primary amides is 2. The fourth-order valence-electron chi connectivity index (χ4n) is 0.235. The average molecular weight is 240 g/mol. The van der Waals surface area contributed by atoms with Crippen LogP contribution in [0.4, 0.5) is 0 Å². The minimum absolute atomic E-state index is 0.252. The molecule has 0 radical (unpaired) electrons. The molecule has 0 aliphatic rings. The molecule has 76 valence electrons. The predicted molar refractivity (Wildman–Crippen MR) is 60.1 cm³/mol. The van der Waals surface area contributed by atoms with Crippen LogP contribution in [0.25, 0.3) is 0 Å². The lowest BCUT2D eigenvalue weighted by atomic mass is 10.5. The number of amides is 2. The lowest BCUT2D eigenvalue weighted by Gasteiger charge is -2.07. The third kappa shape index (κ3) is 6.11. The van der Waals surface area contributed by atoms with E-state index in [2.05, 4.69) is 0 Å². The number of hydrogen-bond acceptors (Lipinski definition) is 5. The molecular weight excluding hydrogens is 228 g/mol. The van der Waals surface area contributed by atoms with Gasteiger partial charge in [-0.2, -0.15) is 0 Å². The van der Waals surface area contributed by atoms with E-state index in [1.807, 2.05) is 0 Å². The Morgan fingerprint density at radius 3 is 1.54 bits per heavy atom. The Kier molecular flexibility index (Phi) is 6.44. The molecule has 0 aromatic heterocycles. The van der Waals surface area contributed by atoms with E-state index in [4.69, 9.17) is 11.5 Å². The van der Waals surface area contributed by atoms with Gasteiger partial charge in [0.1, 0.15) is 0 Å². The van der Waals surface area contributed by atoms with Crippen LogP contribution in [-0.2, 0) is 9.59 Å². The van der Waals surface area contributed by atoms with Gasteiger partial charge < -0.3 is 11.5 Å². The molecule has 0 aromatic carbocycles. The largest absolute Gasteiger partial charge is 0.369 e. The molecule has 2 unspecified atom stereocenters. The van der Waals surface area contributed by atoms with E-state index in [-0.39, 0.29) is 22.3 Å². The van der Waals surface area contributed by atoms with E-state index in [1.54, 1.807) is 13.8 Å². The maximum absolute atomic E-state index is 10.6. The average Bonchev–Trinajstić information content (AvgIpc) is 2.03. The quantitative estimate of drug-likeness (QED) is 0.670. The smallest absolute Gasteiger partial charge is 0.231 e. The molecule has 2 atom stereocenters. The standard InChI is InChI=1S/C6H12N2O2S3/c1-3(5(7)9)11-13-12-4(2)6(8)10/h3-4H,1-2H3,(H2,7,9)(H2,8,10). The number of carbonyl (C=O) groups excluding carboxylic acids is 2. The molecule has 0 bridgehead atoms. The van der Waals surface area contributed by atoms with Gasteiger partial charge in [0.25, 0.3) is 0 Å². The van der Waals surface area contributed by atoms with E-state index in [0.717, 1.165) is 0 Å². The minimum atomic E-state index is -0.357. The Hall–Kier alpha value is -0.0100. The zero-order valence-electron chi connectivity index (χ0n) is 7.35. The molecule has 0 fully saturated rings. The summed E-state index contributed by atoms with van der Waals surface area (Å²) in [6.45, 7) is 3.44. The van der Waals surface area contributed by atoms with E-state index in [1.165, 1.54) is 31.4 Å². The Morgan fingerprint density at radius 2 is 1.31 bits per heavy atom. The maximum Gasteiger partial charge on any atom is 0.231 e. The van der Waals surface area contributed by atoms with Crippen molar-refractivity contribution >= 4 is 43.2 Å². The maximum atomic E-state index is 10.6. The predicted octanol–water partition coefficient (Wildman–Crippen LogP) is 0.764. The highest BCUT2D eigenvalue weighted by Crippen LogP contribution is 2.39. The van der Waals surface area contributed by atoms with Gasteiger partial charge in [-0.3, -0.25) is 9.59 Å². The van der Waals surface area contributed by atoms with Gasteiger partial charge in [-0.15, -0.1) is 0 Å². The summed E-state index contributed by atoms with van der Waals surface area (Å²) in [5.74, 6) is -0.713. The van der Waals surface area contributed by atoms with Gasteiger partial charge in [0.15, 0.2) is 0 Å². The van der Waals surface area contributed by atoms with Crippen LogP contribution in [0.5, 0.6) is 0 Å². The fraction of sp³-hybridized carbons (Fsp3) is 0.667. The van der Waals surface area contributed by atoms with Crippen molar-refractivity contribution < 1.29 is 9.59 Å². The van der Waals surface area contributed by atoms with Crippen LogP contribution >= 0.6 is 31.4 Å². The topological polar surface area (TPSA) is 86.2 Å². The first-order valence-corrected chi connectivity index (χ1v) is 7.13. The van der Waals surface area contributed by atoms with Crippen LogP contribution in [0.15, 0.2) is 0 Å². The van der Waals surface area contributed by atoms with Crippen molar-refractivity contribution in [2.75, 3.05) is 0 Å². The zero-order valence-corrected chi connectivity index (χ0v) is 9.80. The molecule has 0 aromatic rings. The van der Waals surface area contributed by atoms with Crippen LogP contribution in [0.2, 0.25) is 0 Å². The molecule has 2 amide bonds. The fourth-order valence-corrected chi connectivity index (χ4v) is 4.65. The first-order chi connectivity index (χ1) is 5.95. The van der Waals surface area contributed by atoms with Crippen molar-refractivity contribution in [1.82, 2.24) is 0 Å². The normalized spacial score (nSPS) is 14.9. The lowest BCUT2D eigenvalue weighted by molar-refractivity contribution is -0.118. The van der Waals surface area contributed by atoms with E-state index in [9.17, 15) is 9.59 Å². The molecule has 0 aliphatic carbocycles. The second-order valence-electron chi connectivity index (χ2n) is 2.35. The summed E-state index contributed by atoms with van der Waals surface area (Å²) in [5.41, 5.74) is 10.1. The van der Waals surface area contributed by atoms with Gasteiger partial charge in [0, 0.05) is 0 Å². The monoisotopic (exact) mass is 240 g/mol. The Labute approximate surface area is 88.7 Å². The molecule has 0 spiro atoms. The third-order valence-corrected chi connectivity index (χ3v) is 5.99. The van der Waals surface area contributed by atoms with Gasteiger partial charge in [-0.05, 0) is 23.7 Å². The van der Waals surface area contributed by atoms with E-state index < -0.39 is 0 Å². The number of carbonyl (C=O) groups is 2. The number of nitrogens with two attached hydrogens (primary N) is 2. The zero-order chi connectivity index (χ0) is 10.4. The summed E-state index contributed by atoms with van der Waals surface area (Å²) in [4.78, 5) is 21.2. The summed E-state index contributed by atoms with van der Waals surface area (Å²) < 4.78 is 0. The van der Waals surface area contributed by atoms with Crippen LogP contribution in [0.3, 0.4) is 0 Å². The van der Waals surface area contributed by atoms with Crippen molar-refractivity contribution in [2.45, 2.75) is 24.3 Å². The minimum Gasteiger partial charge on any atom is -0.369 e. The molecule has 7 heteroatoms. The highest BCUT2D eigenvalue weighted by atomic mass is 33.5. The van der Waals surface area contributed by atoms with Crippen molar-refractivity contribution in [3.05, 3.63) is 0 Å². The van der Waals surface area contributed by atoms with Crippen LogP contribution in [0.1, 0.15) is 13.8 Å². The molecule has 0 rings (SSSR count). The van der Waals surface area contributed by atoms with Crippen LogP contribution < -0.4 is 11.5 Å². The van der Waals surface area contributed by atoms with Crippen LogP contribution in [0, 0.1) is 0 Å². The molecule has 4 N–H and O–H groups in total. The SMILES string of the molecule is CC(SSSC(C)C(N)=O)C(N)=O. The second kappa shape index (κ2) is 6.44. The molecule has 13 heavy (non-hydrogen) atoms. The van der Waals surface area contributed by atoms with Gasteiger partial charge in [-0.25, -0.2) is 0 Å². The van der Waals surface area contributed by atoms with E-state index >= 15 is 0 Å². The third-order valence-electron chi connectivity index (χ3n) is 1.17. The van der Waals surface area contributed by atoms with Gasteiger partial charge in [0.05, 0.1) is 10.5 Å². The summed E-state index contributed by atoms with van der Waals surface area (Å²) in [6.07, 6.45) is 0. The van der Waals surface area contributed by atoms with Gasteiger partial charge in [0.2, 0.25) is 11.8 Å². The first kappa shape index (κ1) is 13.0. The lowest BCUT2D eigenvalue weighted by Crippen LogP contribution is -2.22. The molecule has 4 nitrogen and oxygen atoms in total. The Bertz CT molecular complexity index is 180. The molecule has 0 heterocycles. The molecular formula is C6H12N2O2S3. The van der Waals surface area contributed by atoms with Crippen molar-refractivity contribution in [2.24, 2.45) is 11.5 Å². The van der Waals surface area contributed by atoms with Crippen LogP contribution in [-0.4, -0.2) is 22.3 Å². The Balaban J connectivity index is 3.56. The van der Waals surface area contributed by atoms with Gasteiger partial charge >= 0.3 is 0 Å². The summed E-state index contributed by atoms with van der Waals surface area (Å²) >= 11 is 0. The highest BCUT2D eigenvalue weighted by molar-refractivity contribution is 9.09. The van der Waals surface area contributed by atoms with Crippen molar-refractivity contribution in [3.63, 3.8) is 0 Å². The molecule has 0 aliphatic heterocycles. The Morgan fingerprint density at radius 1 is 1.00 bits per heavy atom. The van der Waals surface area contributed by atoms with Crippen molar-refractivity contribution in [1.29, 1.82) is 0 Å². The number of rotatable bonds is 6. The van der Waals surface area contributed by atoms with Gasteiger partial charge in [-0.1, -0.05) is 21.6 Å². The summed E-state index contributed by atoms with van der Waals surface area (Å²) in [7, 11) is 4.01. The first-order valence-electron chi connectivity index (χ1n) is 3.52. The summed E-state index contributed by atoms with van der Waals surface area (Å²) in [5, 5.41) is -0.504. The molecule has 0 saturated heterocycles. The van der Waals surface area contributed by atoms with E-state index in [0.29, 0.717) is 0 Å². The summed E-state index contributed by atoms with van der Waals surface area (Å²) in [6, 6.07) is 0. The second-order valence-corrected chi connectivity index (χ2v) is 7.07.